The van der Waals surface area contributed by atoms with E-state index in [1.165, 1.54) is 0 Å². The first-order valence-corrected chi connectivity index (χ1v) is 11.8. The molecule has 0 N–H and O–H groups in total. The molecule has 0 bridgehead atoms. The van der Waals surface area contributed by atoms with Crippen LogP contribution >= 0.6 is 0 Å². The predicted molar refractivity (Wildman–Crippen MR) is 115 cm³/mol. The summed E-state index contributed by atoms with van der Waals surface area (Å²) in [6.45, 7) is 0.538. The zero-order valence-corrected chi connectivity index (χ0v) is 17.8. The molecule has 0 radical (unpaired) electrons. The van der Waals surface area contributed by atoms with Crippen molar-refractivity contribution < 1.29 is 22.7 Å². The Hall–Kier alpha value is -2.34. The summed E-state index contributed by atoms with van der Waals surface area (Å²) in [5, 5.41) is 0. The summed E-state index contributed by atoms with van der Waals surface area (Å²) in [6.07, 6.45) is 7.53. The largest absolute Gasteiger partial charge is 0.493 e. The number of ether oxygens (including phenoxy) is 2. The van der Waals surface area contributed by atoms with Crippen molar-refractivity contribution in [3.05, 3.63) is 54.1 Å². The van der Waals surface area contributed by atoms with Gasteiger partial charge in [-0.1, -0.05) is 56.4 Å². The number of unbranched alkanes of at least 4 members (excludes halogenated alkanes) is 6. The fraction of sp³-hybridized carbons (Fsp3) is 0.435. The number of carbonyl (C=O) groups is 1. The lowest BCUT2D eigenvalue weighted by Crippen LogP contribution is -2.06. The molecule has 2 aromatic carbocycles. The van der Waals surface area contributed by atoms with Crippen LogP contribution in [-0.4, -0.2) is 34.2 Å². The highest BCUT2D eigenvalue weighted by atomic mass is 32.2. The molecule has 0 amide bonds. The van der Waals surface area contributed by atoms with Crippen molar-refractivity contribution in [3.8, 4) is 11.5 Å². The third kappa shape index (κ3) is 7.54. The van der Waals surface area contributed by atoms with Crippen LogP contribution in [0.5, 0.6) is 11.5 Å². The van der Waals surface area contributed by atoms with E-state index in [0.717, 1.165) is 44.8 Å². The molecule has 29 heavy (non-hydrogen) atoms. The molecular formula is C23H30O5S. The van der Waals surface area contributed by atoms with E-state index >= 15 is 0 Å². The summed E-state index contributed by atoms with van der Waals surface area (Å²) in [6, 6.07) is 13.9. The second kappa shape index (κ2) is 12.3. The van der Waals surface area contributed by atoms with Gasteiger partial charge in [0.05, 0.1) is 29.9 Å². The number of carbonyl (C=O) groups excluding carboxylic acids is 1. The average molecular weight is 419 g/mol. The molecule has 6 heteroatoms. The van der Waals surface area contributed by atoms with E-state index in [9.17, 15) is 13.2 Å². The van der Waals surface area contributed by atoms with Crippen LogP contribution in [-0.2, 0) is 9.84 Å². The molecule has 0 atom stereocenters. The van der Waals surface area contributed by atoms with Gasteiger partial charge in [-0.25, -0.2) is 8.42 Å². The van der Waals surface area contributed by atoms with Gasteiger partial charge in [0, 0.05) is 0 Å². The van der Waals surface area contributed by atoms with Gasteiger partial charge >= 0.3 is 0 Å². The van der Waals surface area contributed by atoms with Gasteiger partial charge in [0.1, 0.15) is 0 Å². The third-order valence-corrected chi connectivity index (χ3v) is 6.58. The molecule has 5 nitrogen and oxygen atoms in total. The molecule has 0 aromatic heterocycles. The molecule has 158 valence electrons. The van der Waals surface area contributed by atoms with Gasteiger partial charge in [0.15, 0.2) is 27.6 Å². The molecule has 2 rings (SSSR count). The molecule has 0 heterocycles. The van der Waals surface area contributed by atoms with Gasteiger partial charge in [-0.05, 0) is 37.1 Å². The lowest BCUT2D eigenvalue weighted by molar-refractivity contribution is 0.111. The first kappa shape index (κ1) is 22.9. The Morgan fingerprint density at radius 1 is 0.828 bits per heavy atom. The maximum Gasteiger partial charge on any atom is 0.178 e. The monoisotopic (exact) mass is 418 g/mol. The van der Waals surface area contributed by atoms with Crippen molar-refractivity contribution in [2.75, 3.05) is 19.5 Å². The van der Waals surface area contributed by atoms with Gasteiger partial charge in [0.25, 0.3) is 0 Å². The molecule has 0 unspecified atom stereocenters. The lowest BCUT2D eigenvalue weighted by atomic mass is 10.1. The highest BCUT2D eigenvalue weighted by molar-refractivity contribution is 7.91. The fourth-order valence-corrected chi connectivity index (χ4v) is 4.53. The van der Waals surface area contributed by atoms with Gasteiger partial charge in [-0.2, -0.15) is 0 Å². The first-order valence-electron chi connectivity index (χ1n) is 10.1. The molecule has 0 aliphatic heterocycles. The molecule has 0 aliphatic rings. The number of benzene rings is 2. The number of aldehydes is 1. The van der Waals surface area contributed by atoms with E-state index in [1.807, 2.05) is 6.07 Å². The van der Waals surface area contributed by atoms with Crippen molar-refractivity contribution >= 4 is 16.1 Å². The summed E-state index contributed by atoms with van der Waals surface area (Å²) in [7, 11) is -1.60. The van der Waals surface area contributed by atoms with E-state index in [4.69, 9.17) is 9.47 Å². The number of hydrogen-bond acceptors (Lipinski definition) is 5. The maximum atomic E-state index is 12.2. The Bertz CT molecular complexity index is 847. The predicted octanol–water partition coefficient (Wildman–Crippen LogP) is 5.09. The summed E-state index contributed by atoms with van der Waals surface area (Å²) in [5.41, 5.74) is 0.495. The van der Waals surface area contributed by atoms with Crippen LogP contribution in [0.1, 0.15) is 55.3 Å². The number of rotatable bonds is 14. The van der Waals surface area contributed by atoms with Gasteiger partial charge in [-0.15, -0.1) is 0 Å². The standard InChI is InChI=1S/C23H30O5S/c1-27-22-16-12-13-20(19-24)23(22)28-17-10-5-3-2-4-6-11-18-29(25,26)21-14-8-7-9-15-21/h7-9,12-16,19H,2-6,10-11,17-18H2,1H3. The normalized spacial score (nSPS) is 11.2. The molecular weight excluding hydrogens is 388 g/mol. The Labute approximate surface area is 174 Å². The molecule has 0 spiro atoms. The summed E-state index contributed by atoms with van der Waals surface area (Å²) >= 11 is 0. The third-order valence-electron chi connectivity index (χ3n) is 4.76. The number of sulfone groups is 1. The SMILES string of the molecule is COc1cccc(C=O)c1OCCCCCCCCCS(=O)(=O)c1ccccc1. The Kier molecular flexibility index (Phi) is 9.71. The van der Waals surface area contributed by atoms with Gasteiger partial charge < -0.3 is 9.47 Å². The smallest absolute Gasteiger partial charge is 0.178 e. The first-order chi connectivity index (χ1) is 14.1. The minimum absolute atomic E-state index is 0.211. The van der Waals surface area contributed by atoms with E-state index in [-0.39, 0.29) is 5.75 Å². The molecule has 0 aliphatic carbocycles. The summed E-state index contributed by atoms with van der Waals surface area (Å²) in [5.74, 6) is 1.28. The highest BCUT2D eigenvalue weighted by Crippen LogP contribution is 2.30. The van der Waals surface area contributed by atoms with Crippen molar-refractivity contribution in [1.82, 2.24) is 0 Å². The number of methoxy groups -OCH3 is 1. The second-order valence-electron chi connectivity index (χ2n) is 6.95. The molecule has 0 saturated carbocycles. The topological polar surface area (TPSA) is 69.7 Å². The van der Waals surface area contributed by atoms with Crippen LogP contribution in [0, 0.1) is 0 Å². The van der Waals surface area contributed by atoms with Gasteiger partial charge in [-0.3, -0.25) is 4.79 Å². The van der Waals surface area contributed by atoms with Crippen LogP contribution in [0.15, 0.2) is 53.4 Å². The van der Waals surface area contributed by atoms with Crippen molar-refractivity contribution in [1.29, 1.82) is 0 Å². The number of hydrogen-bond donors (Lipinski definition) is 0. The van der Waals surface area contributed by atoms with Crippen LogP contribution in [0.3, 0.4) is 0 Å². The maximum absolute atomic E-state index is 12.2. The van der Waals surface area contributed by atoms with E-state index in [2.05, 4.69) is 0 Å². The zero-order chi connectivity index (χ0) is 21.0. The molecule has 2 aromatic rings. The van der Waals surface area contributed by atoms with E-state index < -0.39 is 9.84 Å². The summed E-state index contributed by atoms with van der Waals surface area (Å²) < 4.78 is 35.4. The van der Waals surface area contributed by atoms with Crippen LogP contribution in [0.25, 0.3) is 0 Å². The highest BCUT2D eigenvalue weighted by Gasteiger charge is 2.13. The fourth-order valence-electron chi connectivity index (χ4n) is 3.14. The Morgan fingerprint density at radius 3 is 2.14 bits per heavy atom. The zero-order valence-electron chi connectivity index (χ0n) is 17.0. The molecule has 0 saturated heterocycles. The minimum atomic E-state index is -3.15. The minimum Gasteiger partial charge on any atom is -0.493 e. The van der Waals surface area contributed by atoms with Crippen LogP contribution < -0.4 is 9.47 Å². The Morgan fingerprint density at radius 2 is 1.48 bits per heavy atom. The van der Waals surface area contributed by atoms with Crippen LogP contribution in [0.2, 0.25) is 0 Å². The average Bonchev–Trinajstić information content (AvgIpc) is 2.75. The summed E-state index contributed by atoms with van der Waals surface area (Å²) in [4.78, 5) is 11.5. The van der Waals surface area contributed by atoms with Gasteiger partial charge in [0.2, 0.25) is 0 Å². The van der Waals surface area contributed by atoms with E-state index in [0.29, 0.717) is 35.0 Å². The van der Waals surface area contributed by atoms with Crippen molar-refractivity contribution in [3.63, 3.8) is 0 Å². The van der Waals surface area contributed by atoms with Crippen molar-refractivity contribution in [2.45, 2.75) is 49.8 Å². The quantitative estimate of drug-likeness (QED) is 0.316. The number of para-hydroxylation sites is 1. The van der Waals surface area contributed by atoms with Crippen molar-refractivity contribution in [2.24, 2.45) is 0 Å². The van der Waals surface area contributed by atoms with Crippen LogP contribution in [0.4, 0.5) is 0 Å². The molecule has 0 fully saturated rings. The lowest BCUT2D eigenvalue weighted by Gasteiger charge is -2.12. The second-order valence-corrected chi connectivity index (χ2v) is 9.06. The van der Waals surface area contributed by atoms with E-state index in [1.54, 1.807) is 49.6 Å². The Balaban J connectivity index is 1.56.